The number of nitrogens with zero attached hydrogens (tertiary/aromatic N) is 2. The molecular formula is C11H17N3O3. The Morgan fingerprint density at radius 2 is 2.41 bits per heavy atom. The molecule has 0 saturated carbocycles. The van der Waals surface area contributed by atoms with Gasteiger partial charge in [-0.3, -0.25) is 10.00 Å². The highest BCUT2D eigenvalue weighted by atomic mass is 16.6. The van der Waals surface area contributed by atoms with Crippen LogP contribution >= 0.6 is 0 Å². The fourth-order valence-corrected chi connectivity index (χ4v) is 1.89. The average Bonchev–Trinajstić information content (AvgIpc) is 2.72. The molecule has 1 aromatic rings. The van der Waals surface area contributed by atoms with Crippen LogP contribution in [0.3, 0.4) is 0 Å². The van der Waals surface area contributed by atoms with Crippen molar-refractivity contribution >= 4 is 6.09 Å². The van der Waals surface area contributed by atoms with Crippen molar-refractivity contribution in [2.75, 3.05) is 6.61 Å². The maximum atomic E-state index is 12.0. The molecule has 0 unspecified atom stereocenters. The monoisotopic (exact) mass is 239 g/mol. The van der Waals surface area contributed by atoms with Crippen LogP contribution in [-0.4, -0.2) is 38.5 Å². The van der Waals surface area contributed by atoms with Crippen molar-refractivity contribution in [3.05, 3.63) is 17.5 Å². The van der Waals surface area contributed by atoms with Crippen LogP contribution in [0, 0.1) is 0 Å². The molecule has 1 aromatic heterocycles. The first kappa shape index (κ1) is 11.9. The number of carbonyl (C=O) groups excluding carboxylic acids is 1. The summed E-state index contributed by atoms with van der Waals surface area (Å²) < 4.78 is 5.29. The molecule has 0 saturated heterocycles. The van der Waals surface area contributed by atoms with E-state index in [1.807, 2.05) is 20.8 Å². The van der Waals surface area contributed by atoms with Gasteiger partial charge in [0.25, 0.3) is 0 Å². The second-order valence-corrected chi connectivity index (χ2v) is 5.09. The number of amides is 1. The zero-order valence-electron chi connectivity index (χ0n) is 10.2. The fraction of sp³-hybridized carbons (Fsp3) is 0.636. The normalized spacial score (nSPS) is 19.3. The van der Waals surface area contributed by atoms with Crippen molar-refractivity contribution in [1.82, 2.24) is 15.1 Å². The van der Waals surface area contributed by atoms with Gasteiger partial charge in [-0.25, -0.2) is 4.79 Å². The molecule has 94 valence electrons. The minimum atomic E-state index is -0.538. The van der Waals surface area contributed by atoms with E-state index in [9.17, 15) is 9.90 Å². The molecule has 0 bridgehead atoms. The molecule has 0 fully saturated rings. The number of aliphatic hydroxyl groups is 1. The number of aliphatic hydroxyl groups excluding tert-OH is 1. The van der Waals surface area contributed by atoms with Crippen LogP contribution in [-0.2, 0) is 11.3 Å². The summed E-state index contributed by atoms with van der Waals surface area (Å²) in [5.41, 5.74) is 1.11. The lowest BCUT2D eigenvalue weighted by Crippen LogP contribution is -2.37. The number of ether oxygens (including phenoxy) is 1. The Labute approximate surface area is 99.6 Å². The molecule has 2 heterocycles. The molecule has 6 nitrogen and oxygen atoms in total. The van der Waals surface area contributed by atoms with Gasteiger partial charge in [0.1, 0.15) is 5.60 Å². The maximum Gasteiger partial charge on any atom is 0.411 e. The summed E-state index contributed by atoms with van der Waals surface area (Å²) in [4.78, 5) is 13.4. The highest BCUT2D eigenvalue weighted by Gasteiger charge is 2.37. The maximum absolute atomic E-state index is 12.0. The van der Waals surface area contributed by atoms with Crippen molar-refractivity contribution < 1.29 is 14.6 Å². The SMILES string of the molecule is CC(C)(C)OC(=O)N1Cc2n[nH]cc2[C@H]1CO. The zero-order valence-corrected chi connectivity index (χ0v) is 10.2. The van der Waals surface area contributed by atoms with Gasteiger partial charge in [-0.1, -0.05) is 0 Å². The minimum absolute atomic E-state index is 0.133. The quantitative estimate of drug-likeness (QED) is 0.771. The van der Waals surface area contributed by atoms with E-state index >= 15 is 0 Å². The van der Waals surface area contributed by atoms with Crippen LogP contribution in [0.1, 0.15) is 38.1 Å². The number of aromatic nitrogens is 2. The van der Waals surface area contributed by atoms with Crippen molar-refractivity contribution in [2.45, 2.75) is 39.0 Å². The predicted octanol–water partition coefficient (Wildman–Crippen LogP) is 1.19. The first-order valence-electron chi connectivity index (χ1n) is 5.55. The minimum Gasteiger partial charge on any atom is -0.444 e. The van der Waals surface area contributed by atoms with E-state index in [2.05, 4.69) is 10.2 Å². The van der Waals surface area contributed by atoms with Crippen molar-refractivity contribution in [3.8, 4) is 0 Å². The van der Waals surface area contributed by atoms with Gasteiger partial charge in [-0.2, -0.15) is 5.10 Å². The van der Waals surface area contributed by atoms with E-state index in [1.54, 1.807) is 6.20 Å². The summed E-state index contributed by atoms with van der Waals surface area (Å²) in [6.07, 6.45) is 1.29. The number of H-pyrrole nitrogens is 1. The molecule has 1 atom stereocenters. The number of hydrogen-bond acceptors (Lipinski definition) is 4. The lowest BCUT2D eigenvalue weighted by atomic mass is 10.2. The summed E-state index contributed by atoms with van der Waals surface area (Å²) in [6, 6.07) is -0.362. The first-order valence-corrected chi connectivity index (χ1v) is 5.55. The molecule has 2 rings (SSSR count). The standard InChI is InChI=1S/C11H17N3O3/c1-11(2,3)17-10(16)14-5-8-7(4-12-13-8)9(14)6-15/h4,9,15H,5-6H2,1-3H3,(H,12,13)/t9-/m1/s1. The Balaban J connectivity index is 2.14. The number of fused-ring (bicyclic) bond motifs is 1. The molecule has 0 aliphatic carbocycles. The summed E-state index contributed by atoms with van der Waals surface area (Å²) in [5, 5.41) is 16.1. The Kier molecular flexibility index (Phi) is 2.82. The van der Waals surface area contributed by atoms with Gasteiger partial charge in [0.05, 0.1) is 24.9 Å². The molecule has 0 aromatic carbocycles. The molecule has 17 heavy (non-hydrogen) atoms. The van der Waals surface area contributed by atoms with E-state index < -0.39 is 11.7 Å². The Hall–Kier alpha value is -1.56. The summed E-state index contributed by atoms with van der Waals surface area (Å²) in [6.45, 7) is 5.68. The topological polar surface area (TPSA) is 78.5 Å². The van der Waals surface area contributed by atoms with Crippen molar-refractivity contribution in [1.29, 1.82) is 0 Å². The van der Waals surface area contributed by atoms with Crippen LogP contribution in [0.2, 0.25) is 0 Å². The third kappa shape index (κ3) is 2.26. The van der Waals surface area contributed by atoms with E-state index in [0.29, 0.717) is 6.54 Å². The van der Waals surface area contributed by atoms with Crippen LogP contribution in [0.4, 0.5) is 4.79 Å². The van der Waals surface area contributed by atoms with Gasteiger partial charge in [-0.05, 0) is 20.8 Å². The fourth-order valence-electron chi connectivity index (χ4n) is 1.89. The Bertz CT molecular complexity index is 422. The first-order chi connectivity index (χ1) is 7.92. The smallest absolute Gasteiger partial charge is 0.411 e. The van der Waals surface area contributed by atoms with Gasteiger partial charge in [0.2, 0.25) is 0 Å². The predicted molar refractivity (Wildman–Crippen MR) is 60.2 cm³/mol. The molecule has 1 aliphatic heterocycles. The highest BCUT2D eigenvalue weighted by Crippen LogP contribution is 2.32. The third-order valence-corrected chi connectivity index (χ3v) is 2.61. The van der Waals surface area contributed by atoms with Gasteiger partial charge >= 0.3 is 6.09 Å². The van der Waals surface area contributed by atoms with E-state index in [-0.39, 0.29) is 12.6 Å². The number of hydrogen-bond donors (Lipinski definition) is 2. The van der Waals surface area contributed by atoms with Crippen LogP contribution in [0.5, 0.6) is 0 Å². The Morgan fingerprint density at radius 3 is 3.00 bits per heavy atom. The highest BCUT2D eigenvalue weighted by molar-refractivity contribution is 5.70. The molecule has 1 aliphatic rings. The van der Waals surface area contributed by atoms with Crippen LogP contribution in [0.15, 0.2) is 6.20 Å². The summed E-state index contributed by atoms with van der Waals surface area (Å²) in [7, 11) is 0. The van der Waals surface area contributed by atoms with Gasteiger partial charge < -0.3 is 9.84 Å². The summed E-state index contributed by atoms with van der Waals surface area (Å²) in [5.74, 6) is 0. The molecule has 0 spiro atoms. The van der Waals surface area contributed by atoms with E-state index in [1.165, 1.54) is 4.90 Å². The second-order valence-electron chi connectivity index (χ2n) is 5.09. The zero-order chi connectivity index (χ0) is 12.6. The van der Waals surface area contributed by atoms with Crippen molar-refractivity contribution in [2.24, 2.45) is 0 Å². The van der Waals surface area contributed by atoms with E-state index in [0.717, 1.165) is 11.3 Å². The third-order valence-electron chi connectivity index (χ3n) is 2.61. The number of nitrogens with one attached hydrogen (secondary N) is 1. The largest absolute Gasteiger partial charge is 0.444 e. The van der Waals surface area contributed by atoms with E-state index in [4.69, 9.17) is 4.74 Å². The number of carbonyl (C=O) groups is 1. The van der Waals surface area contributed by atoms with Crippen LogP contribution in [0.25, 0.3) is 0 Å². The Morgan fingerprint density at radius 1 is 1.71 bits per heavy atom. The van der Waals surface area contributed by atoms with Gasteiger partial charge in [0, 0.05) is 11.8 Å². The molecule has 2 N–H and O–H groups in total. The van der Waals surface area contributed by atoms with Gasteiger partial charge in [0.15, 0.2) is 0 Å². The molecule has 0 radical (unpaired) electrons. The lowest BCUT2D eigenvalue weighted by molar-refractivity contribution is 0.0108. The molecular weight excluding hydrogens is 222 g/mol. The second kappa shape index (κ2) is 4.03. The number of rotatable bonds is 1. The molecule has 1 amide bonds. The number of aromatic amines is 1. The summed E-state index contributed by atoms with van der Waals surface area (Å²) >= 11 is 0. The molecule has 6 heteroatoms. The lowest BCUT2D eigenvalue weighted by Gasteiger charge is -2.27. The average molecular weight is 239 g/mol. The van der Waals surface area contributed by atoms with Gasteiger partial charge in [-0.15, -0.1) is 0 Å². The van der Waals surface area contributed by atoms with Crippen molar-refractivity contribution in [3.63, 3.8) is 0 Å². The van der Waals surface area contributed by atoms with Crippen LogP contribution < -0.4 is 0 Å².